The fourth-order valence-electron chi connectivity index (χ4n) is 5.94. The number of carbonyl (C=O) groups is 1. The van der Waals surface area contributed by atoms with Crippen molar-refractivity contribution in [2.75, 3.05) is 0 Å². The zero-order valence-electron chi connectivity index (χ0n) is 22.6. The van der Waals surface area contributed by atoms with Gasteiger partial charge in [-0.2, -0.15) is 0 Å². The number of hydrogen-bond acceptors (Lipinski definition) is 6. The number of nitrogens with one attached hydrogen (secondary N) is 1. The van der Waals surface area contributed by atoms with Crippen LogP contribution in [-0.2, 0) is 17.8 Å². The SMILES string of the molecule is CCCCc1cn(C2C(C(=O)O)CCC2C(C)C)c(=O)n1Cc1ccc(-c2ccccc2-c2nnn[nH]2)nc1. The quantitative estimate of drug-likeness (QED) is 0.307. The highest BCUT2D eigenvalue weighted by Crippen LogP contribution is 2.44. The van der Waals surface area contributed by atoms with Crippen molar-refractivity contribution in [1.82, 2.24) is 34.7 Å². The van der Waals surface area contributed by atoms with Crippen molar-refractivity contribution in [1.29, 1.82) is 0 Å². The topological polar surface area (TPSA) is 132 Å². The largest absolute Gasteiger partial charge is 0.481 e. The zero-order valence-corrected chi connectivity index (χ0v) is 22.6. The molecule has 3 atom stereocenters. The molecule has 0 spiro atoms. The molecule has 3 heterocycles. The number of carboxylic acid groups (broad SMARTS) is 1. The number of hydrogen-bond donors (Lipinski definition) is 2. The molecule has 0 bridgehead atoms. The molecular formula is C29H35N7O3. The summed E-state index contributed by atoms with van der Waals surface area (Å²) in [6, 6.07) is 11.4. The molecule has 1 saturated carbocycles. The van der Waals surface area contributed by atoms with E-state index in [2.05, 4.69) is 41.4 Å². The van der Waals surface area contributed by atoms with Crippen LogP contribution in [0.5, 0.6) is 0 Å². The molecular weight excluding hydrogens is 494 g/mol. The van der Waals surface area contributed by atoms with Crippen molar-refractivity contribution >= 4 is 5.97 Å². The summed E-state index contributed by atoms with van der Waals surface area (Å²) in [5.74, 6) is -0.360. The predicted molar refractivity (Wildman–Crippen MR) is 147 cm³/mol. The van der Waals surface area contributed by atoms with Crippen LogP contribution in [-0.4, -0.2) is 45.8 Å². The lowest BCUT2D eigenvalue weighted by Gasteiger charge is -2.26. The molecule has 3 unspecified atom stereocenters. The third kappa shape index (κ3) is 5.28. The average Bonchev–Trinajstić information content (AvgIpc) is 3.68. The van der Waals surface area contributed by atoms with Crippen LogP contribution >= 0.6 is 0 Å². The standard InChI is InChI=1S/C29H35N7O3/c1-4-5-8-20-17-36(26-21(18(2)3)12-13-24(26)28(37)38)29(39)35(20)16-19-11-14-25(30-15-19)22-9-6-7-10-23(22)27-31-33-34-32-27/h6-7,9-11,14-15,17-18,21,24,26H,4-5,8,12-13,16H2,1-3H3,(H,37,38)(H,31,32,33,34). The molecule has 204 valence electrons. The van der Waals surface area contributed by atoms with Gasteiger partial charge in [0.05, 0.1) is 24.2 Å². The van der Waals surface area contributed by atoms with Crippen LogP contribution in [0.25, 0.3) is 22.6 Å². The summed E-state index contributed by atoms with van der Waals surface area (Å²) < 4.78 is 3.53. The molecule has 4 aromatic rings. The highest BCUT2D eigenvalue weighted by atomic mass is 16.4. The smallest absolute Gasteiger partial charge is 0.328 e. The predicted octanol–water partition coefficient (Wildman–Crippen LogP) is 4.59. The van der Waals surface area contributed by atoms with Gasteiger partial charge in [0.2, 0.25) is 0 Å². The van der Waals surface area contributed by atoms with E-state index in [1.54, 1.807) is 15.3 Å². The van der Waals surface area contributed by atoms with Gasteiger partial charge in [0, 0.05) is 29.2 Å². The maximum absolute atomic E-state index is 13.8. The normalized spacial score (nSPS) is 19.1. The number of carboxylic acids is 1. The first-order chi connectivity index (χ1) is 18.9. The molecule has 39 heavy (non-hydrogen) atoms. The first-order valence-electron chi connectivity index (χ1n) is 13.7. The summed E-state index contributed by atoms with van der Waals surface area (Å²) in [4.78, 5) is 30.7. The second-order valence-corrected chi connectivity index (χ2v) is 10.8. The van der Waals surface area contributed by atoms with Gasteiger partial charge in [0.1, 0.15) is 0 Å². The van der Waals surface area contributed by atoms with Crippen LogP contribution in [0.4, 0.5) is 0 Å². The van der Waals surface area contributed by atoms with Crippen LogP contribution in [0.2, 0.25) is 0 Å². The molecule has 1 aliphatic carbocycles. The van der Waals surface area contributed by atoms with Gasteiger partial charge in [0.25, 0.3) is 0 Å². The molecule has 10 nitrogen and oxygen atoms in total. The highest BCUT2D eigenvalue weighted by molar-refractivity contribution is 5.78. The Morgan fingerprint density at radius 2 is 1.95 bits per heavy atom. The van der Waals surface area contributed by atoms with E-state index in [9.17, 15) is 14.7 Å². The molecule has 0 aliphatic heterocycles. The summed E-state index contributed by atoms with van der Waals surface area (Å²) in [7, 11) is 0. The van der Waals surface area contributed by atoms with Crippen molar-refractivity contribution in [3.63, 3.8) is 0 Å². The Labute approximate surface area is 227 Å². The van der Waals surface area contributed by atoms with Crippen molar-refractivity contribution < 1.29 is 9.90 Å². The molecule has 2 N–H and O–H groups in total. The Morgan fingerprint density at radius 3 is 2.59 bits per heavy atom. The molecule has 1 fully saturated rings. The lowest BCUT2D eigenvalue weighted by atomic mass is 9.88. The summed E-state index contributed by atoms with van der Waals surface area (Å²) in [6.45, 7) is 6.74. The van der Waals surface area contributed by atoms with E-state index in [0.717, 1.165) is 53.8 Å². The lowest BCUT2D eigenvalue weighted by Crippen LogP contribution is -2.35. The van der Waals surface area contributed by atoms with E-state index in [1.165, 1.54) is 0 Å². The van der Waals surface area contributed by atoms with Crippen LogP contribution in [0.1, 0.15) is 63.8 Å². The fraction of sp³-hybridized carbons (Fsp3) is 0.448. The first kappa shape index (κ1) is 26.5. The summed E-state index contributed by atoms with van der Waals surface area (Å²) in [6.07, 6.45) is 7.85. The van der Waals surface area contributed by atoms with E-state index < -0.39 is 11.9 Å². The van der Waals surface area contributed by atoms with Gasteiger partial charge in [-0.25, -0.2) is 9.89 Å². The summed E-state index contributed by atoms with van der Waals surface area (Å²) in [5, 5.41) is 24.2. The lowest BCUT2D eigenvalue weighted by molar-refractivity contribution is -0.143. The minimum atomic E-state index is -0.820. The minimum Gasteiger partial charge on any atom is -0.481 e. The Kier molecular flexibility index (Phi) is 7.72. The second kappa shape index (κ2) is 11.3. The summed E-state index contributed by atoms with van der Waals surface area (Å²) >= 11 is 0. The molecule has 1 aliphatic rings. The number of H-pyrrole nitrogens is 1. The Morgan fingerprint density at radius 1 is 1.15 bits per heavy atom. The number of aryl methyl sites for hydroxylation is 1. The monoisotopic (exact) mass is 529 g/mol. The number of benzene rings is 1. The third-order valence-electron chi connectivity index (χ3n) is 8.00. The second-order valence-electron chi connectivity index (χ2n) is 10.8. The average molecular weight is 530 g/mol. The molecule has 0 saturated heterocycles. The molecule has 10 heteroatoms. The van der Waals surface area contributed by atoms with E-state index in [-0.39, 0.29) is 17.6 Å². The Hall–Kier alpha value is -4.08. The van der Waals surface area contributed by atoms with Gasteiger partial charge in [-0.1, -0.05) is 57.5 Å². The summed E-state index contributed by atoms with van der Waals surface area (Å²) in [5.41, 5.74) is 4.22. The number of pyridine rings is 1. The van der Waals surface area contributed by atoms with Crippen molar-refractivity contribution in [3.8, 4) is 22.6 Å². The van der Waals surface area contributed by atoms with E-state index in [0.29, 0.717) is 24.7 Å². The van der Waals surface area contributed by atoms with Gasteiger partial charge in [-0.05, 0) is 59.6 Å². The molecule has 3 aromatic heterocycles. The first-order valence-corrected chi connectivity index (χ1v) is 13.7. The number of aromatic nitrogens is 7. The fourth-order valence-corrected chi connectivity index (χ4v) is 5.94. The number of aliphatic carboxylic acids is 1. The van der Waals surface area contributed by atoms with Gasteiger partial charge >= 0.3 is 11.7 Å². The van der Waals surface area contributed by atoms with E-state index >= 15 is 0 Å². The number of unbranched alkanes of at least 4 members (excludes halogenated alkanes) is 1. The molecule has 5 rings (SSSR count). The Bertz CT molecular complexity index is 1470. The van der Waals surface area contributed by atoms with Crippen LogP contribution < -0.4 is 5.69 Å². The zero-order chi connectivity index (χ0) is 27.5. The maximum atomic E-state index is 13.8. The van der Waals surface area contributed by atoms with Crippen molar-refractivity contribution in [2.24, 2.45) is 17.8 Å². The molecule has 1 aromatic carbocycles. The number of aromatic amines is 1. The Balaban J connectivity index is 1.47. The third-order valence-corrected chi connectivity index (χ3v) is 8.00. The van der Waals surface area contributed by atoms with Gasteiger partial charge < -0.3 is 5.11 Å². The number of rotatable bonds is 10. The molecule has 0 amide bonds. The van der Waals surface area contributed by atoms with Crippen LogP contribution in [0.15, 0.2) is 53.6 Å². The van der Waals surface area contributed by atoms with Gasteiger partial charge in [0.15, 0.2) is 5.82 Å². The highest BCUT2D eigenvalue weighted by Gasteiger charge is 2.43. The number of nitrogens with zero attached hydrogens (tertiary/aromatic N) is 6. The van der Waals surface area contributed by atoms with E-state index in [1.807, 2.05) is 42.6 Å². The van der Waals surface area contributed by atoms with Gasteiger partial charge in [-0.15, -0.1) is 5.10 Å². The molecule has 0 radical (unpaired) electrons. The minimum absolute atomic E-state index is 0.142. The van der Waals surface area contributed by atoms with Crippen molar-refractivity contribution in [3.05, 3.63) is 70.5 Å². The van der Waals surface area contributed by atoms with Crippen molar-refractivity contribution in [2.45, 2.75) is 65.5 Å². The van der Waals surface area contributed by atoms with Gasteiger partial charge in [-0.3, -0.25) is 18.9 Å². The maximum Gasteiger partial charge on any atom is 0.328 e. The number of imidazole rings is 1. The number of tetrazole rings is 1. The van der Waals surface area contributed by atoms with E-state index in [4.69, 9.17) is 4.98 Å². The van der Waals surface area contributed by atoms with Crippen LogP contribution in [0.3, 0.4) is 0 Å². The van der Waals surface area contributed by atoms with Crippen LogP contribution in [0, 0.1) is 17.8 Å².